The number of benzene rings is 4. The third-order valence-corrected chi connectivity index (χ3v) is 7.21. The Morgan fingerprint density at radius 2 is 1.44 bits per heavy atom. The number of halogens is 2. The Kier molecular flexibility index (Phi) is 8.19. The second-order valence-electron chi connectivity index (χ2n) is 9.76. The van der Waals surface area contributed by atoms with Crippen molar-refractivity contribution in [2.75, 3.05) is 12.0 Å². The molecule has 1 saturated heterocycles. The number of hydrogen-bond acceptors (Lipinski definition) is 5. The average Bonchev–Trinajstić information content (AvgIpc) is 3.00. The van der Waals surface area contributed by atoms with Gasteiger partial charge in [-0.1, -0.05) is 42.5 Å². The van der Waals surface area contributed by atoms with Crippen LogP contribution in [0.3, 0.4) is 0 Å². The smallest absolute Gasteiger partial charge is 0.316 e. The molecule has 1 fully saturated rings. The number of carbonyl (C=O) groups excluding carboxylic acids is 3. The first-order chi connectivity index (χ1) is 19.9. The van der Waals surface area contributed by atoms with Gasteiger partial charge < -0.3 is 14.4 Å². The third kappa shape index (κ3) is 6.01. The van der Waals surface area contributed by atoms with Gasteiger partial charge in [-0.15, -0.1) is 0 Å². The summed E-state index contributed by atoms with van der Waals surface area (Å²) >= 11 is 0. The van der Waals surface area contributed by atoms with Crippen LogP contribution in [-0.4, -0.2) is 24.8 Å². The van der Waals surface area contributed by atoms with Crippen molar-refractivity contribution in [2.45, 2.75) is 19.1 Å². The van der Waals surface area contributed by atoms with Crippen LogP contribution in [-0.2, 0) is 20.9 Å². The number of ketones is 1. The Morgan fingerprint density at radius 3 is 2.05 bits per heavy atom. The summed E-state index contributed by atoms with van der Waals surface area (Å²) in [5, 5.41) is 0. The zero-order chi connectivity index (χ0) is 28.9. The maximum absolute atomic E-state index is 13.7. The van der Waals surface area contributed by atoms with Gasteiger partial charge in [0.05, 0.1) is 19.1 Å². The molecule has 0 aromatic heterocycles. The quantitative estimate of drug-likeness (QED) is 0.0993. The lowest BCUT2D eigenvalue weighted by Crippen LogP contribution is -2.56. The summed E-state index contributed by atoms with van der Waals surface area (Å²) < 4.78 is 37.9. The number of ether oxygens (including phenoxy) is 2. The minimum Gasteiger partial charge on any atom is -0.489 e. The molecule has 208 valence electrons. The molecule has 0 spiro atoms. The standard InChI is InChI=1S/C33H27F2NO5/c1-40-33(39)29(31(37)23-7-11-24(34)12-8-23)19-28-30(36(32(28)38)26-15-13-25(35)14-16-26)22-9-17-27(18-10-22)41-20-21-5-3-2-4-6-21/h2-18,28-30H,19-20H2,1H3. The van der Waals surface area contributed by atoms with E-state index < -0.39 is 41.3 Å². The molecule has 1 aliphatic heterocycles. The number of methoxy groups -OCH3 is 1. The Morgan fingerprint density at radius 1 is 0.829 bits per heavy atom. The van der Waals surface area contributed by atoms with Crippen LogP contribution in [0.4, 0.5) is 14.5 Å². The van der Waals surface area contributed by atoms with E-state index in [1.807, 2.05) is 42.5 Å². The lowest BCUT2D eigenvalue weighted by atomic mass is 9.75. The van der Waals surface area contributed by atoms with E-state index in [1.165, 1.54) is 48.4 Å². The van der Waals surface area contributed by atoms with E-state index in [4.69, 9.17) is 9.47 Å². The molecule has 0 saturated carbocycles. The molecule has 5 rings (SSSR count). The Balaban J connectivity index is 1.42. The van der Waals surface area contributed by atoms with Gasteiger partial charge in [0, 0.05) is 11.3 Å². The highest BCUT2D eigenvalue weighted by molar-refractivity contribution is 6.10. The Bertz CT molecular complexity index is 1520. The molecular formula is C33H27F2NO5. The summed E-state index contributed by atoms with van der Waals surface area (Å²) in [6.45, 7) is 0.388. The van der Waals surface area contributed by atoms with Crippen molar-refractivity contribution in [3.63, 3.8) is 0 Å². The molecule has 1 aliphatic rings. The van der Waals surface area contributed by atoms with Gasteiger partial charge in [0.15, 0.2) is 5.78 Å². The molecule has 1 heterocycles. The fraction of sp³-hybridized carbons (Fsp3) is 0.182. The van der Waals surface area contributed by atoms with E-state index in [0.717, 1.165) is 23.3 Å². The molecule has 1 amide bonds. The Hall–Kier alpha value is -4.85. The highest BCUT2D eigenvalue weighted by atomic mass is 19.1. The number of rotatable bonds is 10. The van der Waals surface area contributed by atoms with E-state index in [1.54, 1.807) is 12.1 Å². The minimum absolute atomic E-state index is 0.115. The first-order valence-corrected chi connectivity index (χ1v) is 13.1. The molecule has 4 aromatic carbocycles. The lowest BCUT2D eigenvalue weighted by Gasteiger charge is -2.48. The molecule has 6 nitrogen and oxygen atoms in total. The van der Waals surface area contributed by atoms with Gasteiger partial charge in [0.25, 0.3) is 0 Å². The maximum Gasteiger partial charge on any atom is 0.316 e. The van der Waals surface area contributed by atoms with Gasteiger partial charge in [-0.3, -0.25) is 14.4 Å². The monoisotopic (exact) mass is 555 g/mol. The summed E-state index contributed by atoms with van der Waals surface area (Å²) in [5.74, 6) is -4.00. The van der Waals surface area contributed by atoms with Crippen LogP contribution in [0.25, 0.3) is 0 Å². The van der Waals surface area contributed by atoms with E-state index in [0.29, 0.717) is 18.0 Å². The van der Waals surface area contributed by atoms with Crippen molar-refractivity contribution < 1.29 is 32.6 Å². The SMILES string of the molecule is COC(=O)C(CC1C(=O)N(c2ccc(F)cc2)C1c1ccc(OCc2ccccc2)cc1)C(=O)c1ccc(F)cc1. The van der Waals surface area contributed by atoms with Crippen molar-refractivity contribution in [2.24, 2.45) is 11.8 Å². The second-order valence-corrected chi connectivity index (χ2v) is 9.76. The summed E-state index contributed by atoms with van der Waals surface area (Å²) in [5.41, 5.74) is 2.40. The first kappa shape index (κ1) is 27.7. The van der Waals surface area contributed by atoms with Gasteiger partial charge >= 0.3 is 5.97 Å². The number of hydrogen-bond donors (Lipinski definition) is 0. The zero-order valence-electron chi connectivity index (χ0n) is 22.2. The molecule has 4 aromatic rings. The van der Waals surface area contributed by atoms with Gasteiger partial charge in [0.1, 0.15) is 29.9 Å². The molecule has 0 bridgehead atoms. The van der Waals surface area contributed by atoms with Gasteiger partial charge in [-0.2, -0.15) is 0 Å². The van der Waals surface area contributed by atoms with Crippen LogP contribution in [0, 0.1) is 23.5 Å². The van der Waals surface area contributed by atoms with Crippen molar-refractivity contribution in [1.29, 1.82) is 0 Å². The van der Waals surface area contributed by atoms with Crippen molar-refractivity contribution in [1.82, 2.24) is 0 Å². The fourth-order valence-corrected chi connectivity index (χ4v) is 5.07. The maximum atomic E-state index is 13.7. The second kappa shape index (κ2) is 12.1. The topological polar surface area (TPSA) is 72.9 Å². The molecular weight excluding hydrogens is 528 g/mol. The largest absolute Gasteiger partial charge is 0.489 e. The Labute approximate surface area is 236 Å². The molecule has 41 heavy (non-hydrogen) atoms. The summed E-state index contributed by atoms with van der Waals surface area (Å²) in [6.07, 6.45) is -0.115. The van der Waals surface area contributed by atoms with Crippen molar-refractivity contribution in [3.05, 3.63) is 131 Å². The van der Waals surface area contributed by atoms with Gasteiger partial charge in [0.2, 0.25) is 5.91 Å². The van der Waals surface area contributed by atoms with Gasteiger partial charge in [-0.25, -0.2) is 8.78 Å². The average molecular weight is 556 g/mol. The highest BCUT2D eigenvalue weighted by Crippen LogP contribution is 2.47. The molecule has 0 N–H and O–H groups in total. The zero-order valence-corrected chi connectivity index (χ0v) is 22.2. The predicted octanol–water partition coefficient (Wildman–Crippen LogP) is 6.31. The van der Waals surface area contributed by atoms with Crippen LogP contribution in [0.1, 0.15) is 33.9 Å². The number of nitrogens with zero attached hydrogens (tertiary/aromatic N) is 1. The normalized spacial score (nSPS) is 17.0. The van der Waals surface area contributed by atoms with E-state index in [-0.39, 0.29) is 17.9 Å². The minimum atomic E-state index is -1.27. The van der Waals surface area contributed by atoms with Crippen LogP contribution in [0.2, 0.25) is 0 Å². The van der Waals surface area contributed by atoms with Crippen LogP contribution in [0.5, 0.6) is 5.75 Å². The number of Topliss-reactive ketones (excluding diaryl/α,β-unsaturated/α-hetero) is 1. The number of esters is 1. The van der Waals surface area contributed by atoms with Crippen LogP contribution >= 0.6 is 0 Å². The molecule has 8 heteroatoms. The predicted molar refractivity (Wildman–Crippen MR) is 148 cm³/mol. The molecule has 0 aliphatic carbocycles. The number of anilines is 1. The lowest BCUT2D eigenvalue weighted by molar-refractivity contribution is -0.145. The van der Waals surface area contributed by atoms with Crippen LogP contribution in [0.15, 0.2) is 103 Å². The fourth-order valence-electron chi connectivity index (χ4n) is 5.07. The summed E-state index contributed by atoms with van der Waals surface area (Å²) in [7, 11) is 1.17. The van der Waals surface area contributed by atoms with Crippen LogP contribution < -0.4 is 9.64 Å². The van der Waals surface area contributed by atoms with Crippen molar-refractivity contribution in [3.8, 4) is 5.75 Å². The molecule has 3 unspecified atom stereocenters. The number of β-lactam (4-membered cyclic amide) rings is 1. The number of carbonyl (C=O) groups is 3. The highest BCUT2D eigenvalue weighted by Gasteiger charge is 2.51. The first-order valence-electron chi connectivity index (χ1n) is 13.1. The van der Waals surface area contributed by atoms with Gasteiger partial charge in [-0.05, 0) is 78.2 Å². The van der Waals surface area contributed by atoms with E-state index in [9.17, 15) is 23.2 Å². The molecule has 0 radical (unpaired) electrons. The van der Waals surface area contributed by atoms with E-state index in [2.05, 4.69) is 0 Å². The third-order valence-electron chi connectivity index (χ3n) is 7.21. The summed E-state index contributed by atoms with van der Waals surface area (Å²) in [6, 6.07) is 26.8. The number of amides is 1. The molecule has 3 atom stereocenters. The van der Waals surface area contributed by atoms with Crippen molar-refractivity contribution >= 4 is 23.3 Å². The summed E-state index contributed by atoms with van der Waals surface area (Å²) in [4.78, 5) is 41.1. The van der Waals surface area contributed by atoms with E-state index >= 15 is 0 Å².